The Morgan fingerprint density at radius 3 is 2.83 bits per heavy atom. The highest BCUT2D eigenvalue weighted by Gasteiger charge is 2.25. The molecule has 2 fully saturated rings. The molecule has 4 N–H and O–H groups in total. The molecule has 0 unspecified atom stereocenters. The van der Waals surface area contributed by atoms with Gasteiger partial charge in [-0.1, -0.05) is 23.7 Å². The summed E-state index contributed by atoms with van der Waals surface area (Å²) in [5.74, 6) is 0.984. The molecular weight excluding hydrogens is 406 g/mol. The zero-order valence-electron chi connectivity index (χ0n) is 15.8. The molecule has 30 heavy (non-hydrogen) atoms. The van der Waals surface area contributed by atoms with Crippen LogP contribution in [0.2, 0.25) is 5.02 Å². The van der Waals surface area contributed by atoms with E-state index in [-0.39, 0.29) is 5.70 Å². The largest absolute Gasteiger partial charge is 0.367 e. The summed E-state index contributed by atoms with van der Waals surface area (Å²) in [7, 11) is 0. The summed E-state index contributed by atoms with van der Waals surface area (Å²) in [4.78, 5) is 27.9. The van der Waals surface area contributed by atoms with Crippen molar-refractivity contribution in [2.75, 3.05) is 10.6 Å². The number of rotatable bonds is 6. The molecule has 0 spiro atoms. The lowest BCUT2D eigenvalue weighted by Gasteiger charge is -2.12. The van der Waals surface area contributed by atoms with Crippen LogP contribution in [-0.2, 0) is 11.3 Å². The zero-order valence-corrected chi connectivity index (χ0v) is 16.5. The van der Waals surface area contributed by atoms with Crippen LogP contribution in [0.3, 0.4) is 0 Å². The van der Waals surface area contributed by atoms with Crippen LogP contribution >= 0.6 is 11.6 Å². The first-order chi connectivity index (χ1) is 14.5. The Balaban J connectivity index is 1.50. The number of urea groups is 1. The van der Waals surface area contributed by atoms with Crippen molar-refractivity contribution >= 4 is 46.9 Å². The standard InChI is InChI=1S/C20H18ClN7O2/c21-13-3-1-2-11(6-13)9-22-16-8-17(24-14-4-5-14)28-18(26-16)12(10-23-28)7-15-19(29)27-20(30)25-15/h1-3,6-8,10,14,24H,4-5,9H2,(H,22,26)(H2,25,27,29,30)/b15-7-. The van der Waals surface area contributed by atoms with Crippen LogP contribution in [0.25, 0.3) is 11.7 Å². The molecule has 3 aromatic rings. The van der Waals surface area contributed by atoms with Crippen molar-refractivity contribution in [3.8, 4) is 0 Å². The van der Waals surface area contributed by atoms with E-state index in [0.717, 1.165) is 24.2 Å². The molecule has 1 saturated carbocycles. The van der Waals surface area contributed by atoms with Gasteiger partial charge in [0.15, 0.2) is 5.65 Å². The van der Waals surface area contributed by atoms with Gasteiger partial charge in [0.1, 0.15) is 17.3 Å². The van der Waals surface area contributed by atoms with Gasteiger partial charge in [0.25, 0.3) is 5.91 Å². The number of benzene rings is 1. The summed E-state index contributed by atoms with van der Waals surface area (Å²) >= 11 is 6.07. The molecule has 0 atom stereocenters. The molecule has 0 bridgehead atoms. The fraction of sp³-hybridized carbons (Fsp3) is 0.200. The maximum absolute atomic E-state index is 11.9. The van der Waals surface area contributed by atoms with Crippen LogP contribution in [0.1, 0.15) is 24.0 Å². The molecule has 1 aliphatic heterocycles. The van der Waals surface area contributed by atoms with Gasteiger partial charge in [-0.05, 0) is 36.6 Å². The number of hydrogen-bond donors (Lipinski definition) is 4. The van der Waals surface area contributed by atoms with Crippen LogP contribution < -0.4 is 21.3 Å². The summed E-state index contributed by atoms with van der Waals surface area (Å²) < 4.78 is 1.70. The number of carbonyl (C=O) groups is 2. The molecule has 1 aromatic carbocycles. The average molecular weight is 424 g/mol. The highest BCUT2D eigenvalue weighted by molar-refractivity contribution is 6.30. The number of imide groups is 1. The Labute approximate surface area is 176 Å². The van der Waals surface area contributed by atoms with Crippen molar-refractivity contribution in [3.63, 3.8) is 0 Å². The maximum Gasteiger partial charge on any atom is 0.326 e. The SMILES string of the molecule is O=C1NC(=O)/C(=C/c2cnn3c(NC4CC4)cc(NCc4cccc(Cl)c4)nc23)N1. The highest BCUT2D eigenvalue weighted by atomic mass is 35.5. The minimum Gasteiger partial charge on any atom is -0.367 e. The predicted molar refractivity (Wildman–Crippen MR) is 113 cm³/mol. The van der Waals surface area contributed by atoms with Crippen LogP contribution in [0, 0.1) is 0 Å². The van der Waals surface area contributed by atoms with Crippen molar-refractivity contribution < 1.29 is 9.59 Å². The van der Waals surface area contributed by atoms with Crippen LogP contribution in [0.4, 0.5) is 16.4 Å². The Bertz CT molecular complexity index is 1200. The van der Waals surface area contributed by atoms with Crippen molar-refractivity contribution in [1.82, 2.24) is 25.2 Å². The van der Waals surface area contributed by atoms with Crippen LogP contribution in [0.5, 0.6) is 0 Å². The first-order valence-electron chi connectivity index (χ1n) is 9.53. The van der Waals surface area contributed by atoms with Gasteiger partial charge in [0, 0.05) is 29.2 Å². The quantitative estimate of drug-likeness (QED) is 0.358. The third kappa shape index (κ3) is 3.79. The second-order valence-electron chi connectivity index (χ2n) is 7.23. The first kappa shape index (κ1) is 18.4. The number of anilines is 2. The van der Waals surface area contributed by atoms with E-state index >= 15 is 0 Å². The summed E-state index contributed by atoms with van der Waals surface area (Å²) in [5.41, 5.74) is 2.37. The summed E-state index contributed by atoms with van der Waals surface area (Å²) in [6.07, 6.45) is 5.40. The number of fused-ring (bicyclic) bond motifs is 1. The molecule has 3 heterocycles. The Morgan fingerprint density at radius 2 is 2.10 bits per heavy atom. The fourth-order valence-corrected chi connectivity index (χ4v) is 3.40. The topological polar surface area (TPSA) is 112 Å². The van der Waals surface area contributed by atoms with E-state index in [9.17, 15) is 9.59 Å². The molecule has 0 radical (unpaired) electrons. The summed E-state index contributed by atoms with van der Waals surface area (Å²) in [6.45, 7) is 0.551. The number of carbonyl (C=O) groups excluding carboxylic acids is 2. The van der Waals surface area contributed by atoms with Crippen molar-refractivity contribution in [1.29, 1.82) is 0 Å². The van der Waals surface area contributed by atoms with E-state index in [2.05, 4.69) is 31.3 Å². The maximum atomic E-state index is 11.9. The number of amides is 3. The van der Waals surface area contributed by atoms with E-state index in [4.69, 9.17) is 11.6 Å². The summed E-state index contributed by atoms with van der Waals surface area (Å²) in [5, 5.41) is 16.5. The van der Waals surface area contributed by atoms with Gasteiger partial charge in [-0.15, -0.1) is 0 Å². The summed E-state index contributed by atoms with van der Waals surface area (Å²) in [6, 6.07) is 9.39. The molecular formula is C20H18ClN7O2. The van der Waals surface area contributed by atoms with E-state index in [1.807, 2.05) is 30.3 Å². The second-order valence-corrected chi connectivity index (χ2v) is 7.67. The highest BCUT2D eigenvalue weighted by Crippen LogP contribution is 2.27. The molecule has 10 heteroatoms. The van der Waals surface area contributed by atoms with Gasteiger partial charge in [-0.3, -0.25) is 10.1 Å². The second kappa shape index (κ2) is 7.34. The van der Waals surface area contributed by atoms with Crippen molar-refractivity contribution in [2.24, 2.45) is 0 Å². The Morgan fingerprint density at radius 1 is 1.23 bits per heavy atom. The third-order valence-electron chi connectivity index (χ3n) is 4.81. The Kier molecular flexibility index (Phi) is 4.51. The van der Waals surface area contributed by atoms with Gasteiger partial charge in [-0.2, -0.15) is 9.61 Å². The molecule has 3 amide bonds. The van der Waals surface area contributed by atoms with Crippen molar-refractivity contribution in [3.05, 3.63) is 58.4 Å². The average Bonchev–Trinajstić information content (AvgIpc) is 3.35. The van der Waals surface area contributed by atoms with Crippen LogP contribution in [-0.4, -0.2) is 32.6 Å². The molecule has 1 saturated heterocycles. The number of aromatic nitrogens is 3. The first-order valence-corrected chi connectivity index (χ1v) is 9.90. The number of nitrogens with zero attached hydrogens (tertiary/aromatic N) is 3. The molecule has 5 rings (SSSR count). The normalized spacial score (nSPS) is 17.3. The lowest BCUT2D eigenvalue weighted by molar-refractivity contribution is -0.115. The number of halogens is 1. The monoisotopic (exact) mass is 423 g/mol. The van der Waals surface area contributed by atoms with Gasteiger partial charge in [-0.25, -0.2) is 9.78 Å². The lowest BCUT2D eigenvalue weighted by Crippen LogP contribution is -2.22. The smallest absolute Gasteiger partial charge is 0.326 e. The van der Waals surface area contributed by atoms with E-state index < -0.39 is 11.9 Å². The minimum absolute atomic E-state index is 0.158. The number of nitrogens with one attached hydrogen (secondary N) is 4. The minimum atomic E-state index is -0.546. The molecule has 9 nitrogen and oxygen atoms in total. The van der Waals surface area contributed by atoms with E-state index in [1.54, 1.807) is 16.8 Å². The van der Waals surface area contributed by atoms with Gasteiger partial charge < -0.3 is 16.0 Å². The van der Waals surface area contributed by atoms with Crippen molar-refractivity contribution in [2.45, 2.75) is 25.4 Å². The Hall–Kier alpha value is -3.59. The van der Waals surface area contributed by atoms with E-state index in [0.29, 0.717) is 34.6 Å². The van der Waals surface area contributed by atoms with Gasteiger partial charge in [0.05, 0.1) is 6.20 Å². The molecule has 152 valence electrons. The molecule has 2 aliphatic rings. The van der Waals surface area contributed by atoms with Gasteiger partial charge in [0.2, 0.25) is 0 Å². The molecule has 1 aliphatic carbocycles. The third-order valence-corrected chi connectivity index (χ3v) is 5.05. The number of hydrogen-bond acceptors (Lipinski definition) is 6. The van der Waals surface area contributed by atoms with Gasteiger partial charge >= 0.3 is 6.03 Å². The fourth-order valence-electron chi connectivity index (χ4n) is 3.19. The zero-order chi connectivity index (χ0) is 20.7. The molecule has 2 aromatic heterocycles. The lowest BCUT2D eigenvalue weighted by atomic mass is 10.2. The predicted octanol–water partition coefficient (Wildman–Crippen LogP) is 2.75. The van der Waals surface area contributed by atoms with E-state index in [1.165, 1.54) is 0 Å². The van der Waals surface area contributed by atoms with Crippen LogP contribution in [0.15, 0.2) is 42.2 Å².